The molecule has 0 heterocycles. The SMILES string of the molecule is COCCOCc1ccc(N(c2ccc(-c3ccc(-c4ccc(N(c5ccc(COCCOC)cc5)c5ccc(C)c(C)c5)cc4)cc3)cc2)c2ccc(C)c(C)c2)cc1. The van der Waals surface area contributed by atoms with Crippen LogP contribution in [0.3, 0.4) is 0 Å². The summed E-state index contributed by atoms with van der Waals surface area (Å²) in [6.07, 6.45) is 0. The Morgan fingerprint density at radius 3 is 0.900 bits per heavy atom. The summed E-state index contributed by atoms with van der Waals surface area (Å²) in [5.74, 6) is 0. The van der Waals surface area contributed by atoms with Gasteiger partial charge in [0.15, 0.2) is 0 Å². The van der Waals surface area contributed by atoms with Crippen molar-refractivity contribution in [3.63, 3.8) is 0 Å². The van der Waals surface area contributed by atoms with Gasteiger partial charge in [-0.25, -0.2) is 0 Å². The Morgan fingerprint density at radius 1 is 0.317 bits per heavy atom. The van der Waals surface area contributed by atoms with E-state index in [1.54, 1.807) is 14.2 Å². The summed E-state index contributed by atoms with van der Waals surface area (Å²) < 4.78 is 21.8. The number of benzene rings is 7. The Labute approximate surface area is 356 Å². The monoisotopic (exact) mass is 796 g/mol. The Hall–Kier alpha value is -6.02. The lowest BCUT2D eigenvalue weighted by Gasteiger charge is -2.26. The van der Waals surface area contributed by atoms with Gasteiger partial charge < -0.3 is 28.7 Å². The van der Waals surface area contributed by atoms with Gasteiger partial charge in [0.05, 0.1) is 39.6 Å². The van der Waals surface area contributed by atoms with Gasteiger partial charge in [-0.2, -0.15) is 0 Å². The summed E-state index contributed by atoms with van der Waals surface area (Å²) in [6.45, 7) is 12.1. The molecule has 0 aliphatic carbocycles. The summed E-state index contributed by atoms with van der Waals surface area (Å²) in [6, 6.07) is 57.1. The van der Waals surface area contributed by atoms with Crippen LogP contribution in [0.1, 0.15) is 33.4 Å². The van der Waals surface area contributed by atoms with E-state index in [4.69, 9.17) is 18.9 Å². The second kappa shape index (κ2) is 20.3. The van der Waals surface area contributed by atoms with E-state index in [9.17, 15) is 0 Å². The maximum atomic E-state index is 5.77. The van der Waals surface area contributed by atoms with Crippen LogP contribution in [0.4, 0.5) is 34.1 Å². The molecule has 0 N–H and O–H groups in total. The quantitative estimate of drug-likeness (QED) is 0.0806. The molecule has 306 valence electrons. The molecule has 60 heavy (non-hydrogen) atoms. The molecule has 0 aromatic heterocycles. The van der Waals surface area contributed by atoms with Crippen molar-refractivity contribution in [3.8, 4) is 22.3 Å². The molecule has 0 saturated heterocycles. The second-order valence-electron chi connectivity index (χ2n) is 15.3. The van der Waals surface area contributed by atoms with E-state index in [2.05, 4.69) is 195 Å². The summed E-state index contributed by atoms with van der Waals surface area (Å²) in [4.78, 5) is 4.63. The number of aryl methyl sites for hydroxylation is 4. The van der Waals surface area contributed by atoms with Crippen LogP contribution < -0.4 is 9.80 Å². The van der Waals surface area contributed by atoms with E-state index in [0.29, 0.717) is 39.6 Å². The van der Waals surface area contributed by atoms with Crippen LogP contribution in [0.15, 0.2) is 158 Å². The molecule has 0 atom stereocenters. The van der Waals surface area contributed by atoms with Crippen molar-refractivity contribution in [2.75, 3.05) is 50.4 Å². The zero-order valence-corrected chi connectivity index (χ0v) is 35.8. The summed E-state index contributed by atoms with van der Waals surface area (Å²) in [5, 5.41) is 0. The number of methoxy groups -OCH3 is 2. The van der Waals surface area contributed by atoms with E-state index in [-0.39, 0.29) is 0 Å². The van der Waals surface area contributed by atoms with E-state index < -0.39 is 0 Å². The lowest BCUT2D eigenvalue weighted by Crippen LogP contribution is -2.10. The first kappa shape index (κ1) is 42.1. The fraction of sp³-hybridized carbons (Fsp3) is 0.222. The molecule has 7 aromatic carbocycles. The van der Waals surface area contributed by atoms with Crippen LogP contribution in [0.2, 0.25) is 0 Å². The number of ether oxygens (including phenoxy) is 4. The van der Waals surface area contributed by atoms with E-state index in [1.807, 2.05) is 0 Å². The highest BCUT2D eigenvalue weighted by atomic mass is 16.5. The van der Waals surface area contributed by atoms with Gasteiger partial charge in [-0.05, 0) is 156 Å². The van der Waals surface area contributed by atoms with Gasteiger partial charge in [0.2, 0.25) is 0 Å². The van der Waals surface area contributed by atoms with Crippen LogP contribution in [-0.2, 0) is 32.2 Å². The molecule has 6 nitrogen and oxygen atoms in total. The Bertz CT molecular complexity index is 2250. The first-order chi connectivity index (χ1) is 29.3. The van der Waals surface area contributed by atoms with Crippen LogP contribution >= 0.6 is 0 Å². The highest BCUT2D eigenvalue weighted by Gasteiger charge is 2.16. The molecular weight excluding hydrogens is 741 g/mol. The first-order valence-corrected chi connectivity index (χ1v) is 20.7. The summed E-state index contributed by atoms with van der Waals surface area (Å²) in [7, 11) is 3.38. The molecular formula is C54H56N2O4. The molecule has 0 spiro atoms. The maximum absolute atomic E-state index is 5.77. The molecule has 0 amide bonds. The molecule has 0 aliphatic heterocycles. The topological polar surface area (TPSA) is 43.4 Å². The van der Waals surface area contributed by atoms with Gasteiger partial charge in [-0.1, -0.05) is 84.9 Å². The minimum atomic E-state index is 0.556. The van der Waals surface area contributed by atoms with Gasteiger partial charge in [-0.15, -0.1) is 0 Å². The zero-order valence-electron chi connectivity index (χ0n) is 35.8. The molecule has 0 unspecified atom stereocenters. The highest BCUT2D eigenvalue weighted by molar-refractivity contribution is 5.81. The summed E-state index contributed by atoms with van der Waals surface area (Å²) in [5.41, 5.74) is 18.6. The third-order valence-electron chi connectivity index (χ3n) is 11.1. The fourth-order valence-electron chi connectivity index (χ4n) is 7.23. The van der Waals surface area contributed by atoms with E-state index >= 15 is 0 Å². The van der Waals surface area contributed by atoms with Crippen LogP contribution in [-0.4, -0.2) is 40.6 Å². The van der Waals surface area contributed by atoms with Gasteiger partial charge in [0.25, 0.3) is 0 Å². The first-order valence-electron chi connectivity index (χ1n) is 20.7. The number of nitrogens with zero attached hydrogens (tertiary/aromatic N) is 2. The third kappa shape index (κ3) is 10.4. The Balaban J connectivity index is 1.09. The van der Waals surface area contributed by atoms with Crippen molar-refractivity contribution in [2.24, 2.45) is 0 Å². The highest BCUT2D eigenvalue weighted by Crippen LogP contribution is 2.39. The maximum Gasteiger partial charge on any atom is 0.0718 e. The van der Waals surface area contributed by atoms with E-state index in [1.165, 1.54) is 44.5 Å². The largest absolute Gasteiger partial charge is 0.382 e. The van der Waals surface area contributed by atoms with Gasteiger partial charge >= 0.3 is 0 Å². The molecule has 6 heteroatoms. The second-order valence-corrected chi connectivity index (χ2v) is 15.3. The standard InChI is InChI=1S/C54H56N2O4/c1-39-7-21-53(35-41(39)3)55(49-23-9-43(10-24-49)37-59-33-31-57-5)51-27-17-47(18-28-51)45-13-15-46(16-14-45)48-19-29-52(30-20-48)56(54-22-8-40(2)42(4)36-54)50-25-11-44(12-26-50)38-60-34-32-58-6/h7-30,35-36H,31-34,37-38H2,1-6H3. The molecule has 7 rings (SSSR count). The van der Waals surface area contributed by atoms with Gasteiger partial charge in [-0.3, -0.25) is 0 Å². The predicted octanol–water partition coefficient (Wildman–Crippen LogP) is 13.5. The zero-order chi connectivity index (χ0) is 41.8. The summed E-state index contributed by atoms with van der Waals surface area (Å²) >= 11 is 0. The molecule has 7 aromatic rings. The average molecular weight is 797 g/mol. The number of hydrogen-bond donors (Lipinski definition) is 0. The van der Waals surface area contributed by atoms with Crippen molar-refractivity contribution < 1.29 is 18.9 Å². The molecule has 0 radical (unpaired) electrons. The molecule has 0 fully saturated rings. The fourth-order valence-corrected chi connectivity index (χ4v) is 7.23. The van der Waals surface area contributed by atoms with Crippen LogP contribution in [0, 0.1) is 27.7 Å². The number of rotatable bonds is 18. The lowest BCUT2D eigenvalue weighted by atomic mass is 9.99. The van der Waals surface area contributed by atoms with Gasteiger partial charge in [0.1, 0.15) is 0 Å². The van der Waals surface area contributed by atoms with Crippen molar-refractivity contribution in [1.29, 1.82) is 0 Å². The molecule has 0 saturated carbocycles. The van der Waals surface area contributed by atoms with Crippen LogP contribution in [0.5, 0.6) is 0 Å². The van der Waals surface area contributed by atoms with Crippen molar-refractivity contribution >= 4 is 34.1 Å². The average Bonchev–Trinajstić information content (AvgIpc) is 3.28. The lowest BCUT2D eigenvalue weighted by molar-refractivity contribution is 0.0616. The third-order valence-corrected chi connectivity index (χ3v) is 11.1. The van der Waals surface area contributed by atoms with Crippen molar-refractivity contribution in [1.82, 2.24) is 0 Å². The number of anilines is 6. The number of hydrogen-bond acceptors (Lipinski definition) is 6. The Morgan fingerprint density at radius 2 is 0.600 bits per heavy atom. The predicted molar refractivity (Wildman–Crippen MR) is 249 cm³/mol. The van der Waals surface area contributed by atoms with Gasteiger partial charge in [0, 0.05) is 48.3 Å². The molecule has 0 aliphatic rings. The van der Waals surface area contributed by atoms with Crippen molar-refractivity contribution in [3.05, 3.63) is 191 Å². The minimum Gasteiger partial charge on any atom is -0.382 e. The molecule has 0 bridgehead atoms. The van der Waals surface area contributed by atoms with Crippen LogP contribution in [0.25, 0.3) is 22.3 Å². The normalized spacial score (nSPS) is 11.2. The smallest absolute Gasteiger partial charge is 0.0718 e. The van der Waals surface area contributed by atoms with E-state index in [0.717, 1.165) is 45.3 Å². The Kier molecular flexibility index (Phi) is 14.2. The minimum absolute atomic E-state index is 0.556. The van der Waals surface area contributed by atoms with Crippen molar-refractivity contribution in [2.45, 2.75) is 40.9 Å².